The topological polar surface area (TPSA) is 17.1 Å². The van der Waals surface area contributed by atoms with Crippen LogP contribution in [0.15, 0.2) is 54.1 Å². The van der Waals surface area contributed by atoms with Crippen LogP contribution in [0.3, 0.4) is 0 Å². The fourth-order valence-corrected chi connectivity index (χ4v) is 3.85. The van der Waals surface area contributed by atoms with Crippen LogP contribution < -0.4 is 0 Å². The lowest BCUT2D eigenvalue weighted by atomic mass is 9.72. The van der Waals surface area contributed by atoms with Crippen LogP contribution in [0, 0.1) is 0 Å². The molecule has 0 N–H and O–H groups in total. The fourth-order valence-electron chi connectivity index (χ4n) is 3.85. The molecule has 0 aromatic heterocycles. The summed E-state index contributed by atoms with van der Waals surface area (Å²) in [5.41, 5.74) is 3.98. The number of hydrogen-bond acceptors (Lipinski definition) is 1. The molecular weight excluding hydrogens is 275 g/mol. The first-order valence-corrected chi connectivity index (χ1v) is 7.86. The first kappa shape index (κ1) is 13.4. The molecule has 0 spiro atoms. The lowest BCUT2D eigenvalue weighted by molar-refractivity contribution is 0.102. The molecule has 0 fully saturated rings. The number of hydrogen-bond donors (Lipinski definition) is 0. The van der Waals surface area contributed by atoms with Crippen LogP contribution in [0.1, 0.15) is 52.2 Å². The Morgan fingerprint density at radius 1 is 1.05 bits per heavy atom. The predicted octanol–water partition coefficient (Wildman–Crippen LogP) is 5.07. The van der Waals surface area contributed by atoms with Gasteiger partial charge < -0.3 is 0 Å². The van der Waals surface area contributed by atoms with Crippen molar-refractivity contribution in [1.29, 1.82) is 0 Å². The average molecular weight is 292 g/mol. The molecule has 2 heteroatoms. The van der Waals surface area contributed by atoms with Gasteiger partial charge in [0.1, 0.15) is 5.83 Å². The maximum atomic E-state index is 14.9. The van der Waals surface area contributed by atoms with E-state index in [0.717, 1.165) is 24.8 Å². The fraction of sp³-hybridized carbons (Fsp3) is 0.250. The van der Waals surface area contributed by atoms with Crippen LogP contribution >= 0.6 is 0 Å². The minimum Gasteiger partial charge on any atom is -0.289 e. The highest BCUT2D eigenvalue weighted by atomic mass is 19.1. The number of allylic oxidation sites excluding steroid dienone is 1. The molecule has 0 aliphatic heterocycles. The molecular formula is C20H17FO. The summed E-state index contributed by atoms with van der Waals surface area (Å²) in [6.45, 7) is 0. The van der Waals surface area contributed by atoms with Crippen molar-refractivity contribution in [3.63, 3.8) is 0 Å². The average Bonchev–Trinajstić information content (AvgIpc) is 2.58. The van der Waals surface area contributed by atoms with Gasteiger partial charge in [-0.3, -0.25) is 4.79 Å². The van der Waals surface area contributed by atoms with Gasteiger partial charge in [-0.15, -0.1) is 0 Å². The third-order valence-electron chi connectivity index (χ3n) is 4.87. The van der Waals surface area contributed by atoms with Crippen molar-refractivity contribution >= 4 is 11.6 Å². The monoisotopic (exact) mass is 292 g/mol. The Hall–Kier alpha value is -2.22. The van der Waals surface area contributed by atoms with E-state index in [2.05, 4.69) is 6.07 Å². The van der Waals surface area contributed by atoms with Gasteiger partial charge in [-0.1, -0.05) is 48.5 Å². The third kappa shape index (κ3) is 2.02. The molecule has 22 heavy (non-hydrogen) atoms. The molecule has 110 valence electrons. The smallest absolute Gasteiger partial charge is 0.191 e. The van der Waals surface area contributed by atoms with Crippen LogP contribution in [0.2, 0.25) is 0 Å². The van der Waals surface area contributed by atoms with E-state index >= 15 is 0 Å². The van der Waals surface area contributed by atoms with E-state index in [-0.39, 0.29) is 11.6 Å². The lowest BCUT2D eigenvalue weighted by Gasteiger charge is -2.32. The highest BCUT2D eigenvalue weighted by Gasteiger charge is 2.33. The van der Waals surface area contributed by atoms with Crippen LogP contribution in [0.25, 0.3) is 5.83 Å². The summed E-state index contributed by atoms with van der Waals surface area (Å²) in [7, 11) is 0. The van der Waals surface area contributed by atoms with Gasteiger partial charge >= 0.3 is 0 Å². The highest BCUT2D eigenvalue weighted by Crippen LogP contribution is 2.46. The largest absolute Gasteiger partial charge is 0.289 e. The van der Waals surface area contributed by atoms with Gasteiger partial charge in [0.2, 0.25) is 0 Å². The van der Waals surface area contributed by atoms with Crippen molar-refractivity contribution in [1.82, 2.24) is 0 Å². The Morgan fingerprint density at radius 2 is 1.86 bits per heavy atom. The van der Waals surface area contributed by atoms with Crippen LogP contribution in [0.5, 0.6) is 0 Å². The summed E-state index contributed by atoms with van der Waals surface area (Å²) < 4.78 is 14.9. The Balaban J connectivity index is 1.84. The molecule has 2 aromatic rings. The molecule has 0 heterocycles. The maximum Gasteiger partial charge on any atom is 0.191 e. The number of rotatable bonds is 2. The van der Waals surface area contributed by atoms with Gasteiger partial charge in [0, 0.05) is 16.7 Å². The molecule has 1 nitrogen and oxygen atoms in total. The second-order valence-corrected chi connectivity index (χ2v) is 6.16. The second kappa shape index (κ2) is 5.20. The standard InChI is InChI=1S/C20H17FO/c21-19-16-11-5-9-13-8-4-10-15(18(13)16)12-17(19)20(22)14-6-2-1-3-7-14/h1-3,5-7,9,11,15H,4,8,10,12H2. The van der Waals surface area contributed by atoms with Crippen molar-refractivity contribution < 1.29 is 9.18 Å². The SMILES string of the molecule is O=C(C1=C(F)c2cccc3c2C(CCC3)C1)c1ccccc1. The summed E-state index contributed by atoms with van der Waals surface area (Å²) in [4.78, 5) is 12.7. The Labute approximate surface area is 129 Å². The molecule has 0 saturated carbocycles. The number of halogens is 1. The molecule has 0 bridgehead atoms. The van der Waals surface area contributed by atoms with Gasteiger partial charge in [-0.05, 0) is 42.7 Å². The van der Waals surface area contributed by atoms with Crippen LogP contribution in [-0.2, 0) is 6.42 Å². The molecule has 1 unspecified atom stereocenters. The molecule has 0 radical (unpaired) electrons. The Morgan fingerprint density at radius 3 is 2.68 bits per heavy atom. The number of benzene rings is 2. The zero-order valence-corrected chi connectivity index (χ0v) is 12.3. The van der Waals surface area contributed by atoms with E-state index in [4.69, 9.17) is 0 Å². The van der Waals surface area contributed by atoms with Crippen LogP contribution in [-0.4, -0.2) is 5.78 Å². The summed E-state index contributed by atoms with van der Waals surface area (Å²) >= 11 is 0. The summed E-state index contributed by atoms with van der Waals surface area (Å²) in [6, 6.07) is 14.9. The van der Waals surface area contributed by atoms with Crippen LogP contribution in [0.4, 0.5) is 4.39 Å². The number of ketones is 1. The lowest BCUT2D eigenvalue weighted by Crippen LogP contribution is -2.20. The van der Waals surface area contributed by atoms with E-state index in [1.807, 2.05) is 30.3 Å². The number of aryl methyl sites for hydroxylation is 1. The van der Waals surface area contributed by atoms with Gasteiger partial charge in [0.05, 0.1) is 0 Å². The van der Waals surface area contributed by atoms with E-state index in [0.29, 0.717) is 29.0 Å². The van der Waals surface area contributed by atoms with Crippen molar-refractivity contribution in [3.05, 3.63) is 76.4 Å². The molecule has 4 rings (SSSR count). The normalized spacial score (nSPS) is 19.8. The maximum absolute atomic E-state index is 14.9. The third-order valence-corrected chi connectivity index (χ3v) is 4.87. The summed E-state index contributed by atoms with van der Waals surface area (Å²) in [6.07, 6.45) is 3.72. The minimum atomic E-state index is -0.316. The number of Topliss-reactive ketones (excluding diaryl/α,β-unsaturated/α-hetero) is 1. The van der Waals surface area contributed by atoms with E-state index in [9.17, 15) is 9.18 Å². The minimum absolute atomic E-state index is 0.167. The molecule has 2 aromatic carbocycles. The second-order valence-electron chi connectivity index (χ2n) is 6.16. The van der Waals surface area contributed by atoms with Gasteiger partial charge in [-0.25, -0.2) is 4.39 Å². The van der Waals surface area contributed by atoms with E-state index in [1.54, 1.807) is 12.1 Å². The van der Waals surface area contributed by atoms with Crippen molar-refractivity contribution in [3.8, 4) is 0 Å². The summed E-state index contributed by atoms with van der Waals surface area (Å²) in [5, 5.41) is 0. The molecule has 0 amide bonds. The zero-order valence-electron chi connectivity index (χ0n) is 12.3. The van der Waals surface area contributed by atoms with Gasteiger partial charge in [0.15, 0.2) is 5.78 Å². The Bertz CT molecular complexity index is 774. The van der Waals surface area contributed by atoms with Gasteiger partial charge in [-0.2, -0.15) is 0 Å². The molecule has 1 atom stereocenters. The van der Waals surface area contributed by atoms with Gasteiger partial charge in [0.25, 0.3) is 0 Å². The predicted molar refractivity (Wildman–Crippen MR) is 85.5 cm³/mol. The first-order chi connectivity index (χ1) is 10.8. The molecule has 0 saturated heterocycles. The van der Waals surface area contributed by atoms with Crippen molar-refractivity contribution in [2.45, 2.75) is 31.6 Å². The summed E-state index contributed by atoms with van der Waals surface area (Å²) in [5.74, 6) is -0.189. The quantitative estimate of drug-likeness (QED) is 0.706. The number of carbonyl (C=O) groups is 1. The van der Waals surface area contributed by atoms with E-state index in [1.165, 1.54) is 5.56 Å². The molecule has 2 aliphatic rings. The number of carbonyl (C=O) groups excluding carboxylic acids is 1. The molecule has 2 aliphatic carbocycles. The first-order valence-electron chi connectivity index (χ1n) is 7.86. The highest BCUT2D eigenvalue weighted by molar-refractivity contribution is 6.13. The van der Waals surface area contributed by atoms with E-state index < -0.39 is 0 Å². The van der Waals surface area contributed by atoms with Crippen molar-refractivity contribution in [2.24, 2.45) is 0 Å². The zero-order chi connectivity index (χ0) is 15.1. The van der Waals surface area contributed by atoms with Crippen molar-refractivity contribution in [2.75, 3.05) is 0 Å². The Kier molecular flexibility index (Phi) is 3.18.